The minimum Gasteiger partial charge on any atom is -0.314 e. The van der Waals surface area contributed by atoms with Gasteiger partial charge in [-0.1, -0.05) is 19.3 Å². The average molecular weight is 303 g/mol. The highest BCUT2D eigenvalue weighted by molar-refractivity contribution is 7.87. The Morgan fingerprint density at radius 2 is 1.85 bits per heavy atom. The zero-order chi connectivity index (χ0) is 14.6. The first-order valence-electron chi connectivity index (χ1n) is 7.90. The molecule has 2 fully saturated rings. The van der Waals surface area contributed by atoms with E-state index in [1.807, 2.05) is 6.92 Å². The molecule has 2 rings (SSSR count). The third kappa shape index (κ3) is 4.98. The van der Waals surface area contributed by atoms with Gasteiger partial charge in [0.1, 0.15) is 0 Å². The van der Waals surface area contributed by atoms with Crippen LogP contribution in [0.25, 0.3) is 0 Å². The monoisotopic (exact) mass is 303 g/mol. The molecule has 2 N–H and O–H groups in total. The predicted molar refractivity (Wildman–Crippen MR) is 81.8 cm³/mol. The molecular weight excluding hydrogens is 274 g/mol. The molecular formula is C14H29N3O2S. The minimum absolute atomic E-state index is 0.252. The van der Waals surface area contributed by atoms with Crippen LogP contribution in [0.4, 0.5) is 0 Å². The maximum absolute atomic E-state index is 12.3. The molecule has 0 aromatic heterocycles. The lowest BCUT2D eigenvalue weighted by Gasteiger charge is -2.35. The van der Waals surface area contributed by atoms with E-state index in [1.54, 1.807) is 7.05 Å². The predicted octanol–water partition coefficient (Wildman–Crippen LogP) is 1.62. The first kappa shape index (κ1) is 16.2. The number of nitrogens with one attached hydrogen (secondary N) is 2. The molecule has 0 bridgehead atoms. The Hall–Kier alpha value is -0.170. The van der Waals surface area contributed by atoms with E-state index in [0.717, 1.165) is 38.6 Å². The van der Waals surface area contributed by atoms with Crippen molar-refractivity contribution in [3.05, 3.63) is 0 Å². The molecule has 0 aliphatic heterocycles. The van der Waals surface area contributed by atoms with E-state index in [2.05, 4.69) is 10.0 Å². The summed E-state index contributed by atoms with van der Waals surface area (Å²) >= 11 is 0. The van der Waals surface area contributed by atoms with Crippen molar-refractivity contribution in [3.63, 3.8) is 0 Å². The lowest BCUT2D eigenvalue weighted by molar-refractivity contribution is 0.286. The van der Waals surface area contributed by atoms with Crippen LogP contribution in [-0.4, -0.2) is 44.4 Å². The molecule has 6 heteroatoms. The molecule has 2 aliphatic carbocycles. The van der Waals surface area contributed by atoms with Crippen molar-refractivity contribution in [2.45, 2.75) is 69.9 Å². The van der Waals surface area contributed by atoms with Crippen LogP contribution >= 0.6 is 0 Å². The normalized spacial score (nSPS) is 23.1. The van der Waals surface area contributed by atoms with Crippen LogP contribution in [0.2, 0.25) is 0 Å². The van der Waals surface area contributed by atoms with E-state index in [4.69, 9.17) is 0 Å². The summed E-state index contributed by atoms with van der Waals surface area (Å²) in [5, 5.41) is 3.41. The fourth-order valence-corrected chi connectivity index (χ4v) is 4.19. The second-order valence-corrected chi connectivity index (χ2v) is 8.41. The maximum Gasteiger partial charge on any atom is 0.279 e. The van der Waals surface area contributed by atoms with Gasteiger partial charge in [-0.15, -0.1) is 0 Å². The molecule has 118 valence electrons. The second kappa shape index (κ2) is 6.73. The number of hydrogen-bond donors (Lipinski definition) is 2. The van der Waals surface area contributed by atoms with Gasteiger partial charge in [0.25, 0.3) is 10.2 Å². The molecule has 20 heavy (non-hydrogen) atoms. The Kier molecular flexibility index (Phi) is 5.45. The molecule has 0 aromatic carbocycles. The molecule has 0 unspecified atom stereocenters. The molecule has 5 nitrogen and oxygen atoms in total. The zero-order valence-corrected chi connectivity index (χ0v) is 13.6. The molecule has 0 atom stereocenters. The lowest BCUT2D eigenvalue weighted by atomic mass is 9.84. The van der Waals surface area contributed by atoms with Crippen molar-refractivity contribution in [2.24, 2.45) is 0 Å². The van der Waals surface area contributed by atoms with Crippen molar-refractivity contribution < 1.29 is 8.42 Å². The van der Waals surface area contributed by atoms with Gasteiger partial charge < -0.3 is 5.32 Å². The van der Waals surface area contributed by atoms with E-state index in [-0.39, 0.29) is 5.54 Å². The maximum atomic E-state index is 12.3. The van der Waals surface area contributed by atoms with Crippen LogP contribution in [-0.2, 0) is 10.2 Å². The largest absolute Gasteiger partial charge is 0.314 e. The van der Waals surface area contributed by atoms with E-state index < -0.39 is 10.2 Å². The van der Waals surface area contributed by atoms with Gasteiger partial charge in [-0.3, -0.25) is 0 Å². The van der Waals surface area contributed by atoms with Gasteiger partial charge in [0.2, 0.25) is 0 Å². The van der Waals surface area contributed by atoms with Crippen molar-refractivity contribution in [1.29, 1.82) is 0 Å². The van der Waals surface area contributed by atoms with E-state index in [9.17, 15) is 8.42 Å². The fraction of sp³-hybridized carbons (Fsp3) is 1.00. The van der Waals surface area contributed by atoms with Gasteiger partial charge in [-0.2, -0.15) is 17.4 Å². The zero-order valence-electron chi connectivity index (χ0n) is 12.8. The Morgan fingerprint density at radius 1 is 1.20 bits per heavy atom. The Balaban J connectivity index is 1.75. The van der Waals surface area contributed by atoms with Crippen LogP contribution in [0.1, 0.15) is 58.3 Å². The Labute approximate surface area is 123 Å². The number of rotatable bonds is 8. The third-order valence-electron chi connectivity index (χ3n) is 4.40. The highest BCUT2D eigenvalue weighted by Gasteiger charge is 2.32. The summed E-state index contributed by atoms with van der Waals surface area (Å²) in [6.07, 6.45) is 8.77. The minimum atomic E-state index is -3.35. The fourth-order valence-electron chi connectivity index (χ4n) is 2.84. The SMILES string of the molecule is CN(CCCNC1CC1)S(=O)(=O)NC1(C)CCCCC1. The quantitative estimate of drug-likeness (QED) is 0.670. The molecule has 2 aliphatic rings. The number of hydrogen-bond acceptors (Lipinski definition) is 3. The molecule has 0 spiro atoms. The first-order chi connectivity index (χ1) is 9.41. The molecule has 0 radical (unpaired) electrons. The summed E-state index contributed by atoms with van der Waals surface area (Å²) < 4.78 is 29.0. The van der Waals surface area contributed by atoms with Gasteiger partial charge in [-0.25, -0.2) is 0 Å². The van der Waals surface area contributed by atoms with E-state index in [1.165, 1.54) is 23.6 Å². The van der Waals surface area contributed by atoms with Gasteiger partial charge in [0.15, 0.2) is 0 Å². The van der Waals surface area contributed by atoms with Crippen LogP contribution < -0.4 is 10.0 Å². The van der Waals surface area contributed by atoms with Crippen molar-refractivity contribution >= 4 is 10.2 Å². The molecule has 0 amide bonds. The van der Waals surface area contributed by atoms with Crippen LogP contribution in [0.3, 0.4) is 0 Å². The summed E-state index contributed by atoms with van der Waals surface area (Å²) in [7, 11) is -1.68. The molecule has 0 heterocycles. The average Bonchev–Trinajstić information content (AvgIpc) is 3.18. The number of nitrogens with zero attached hydrogens (tertiary/aromatic N) is 1. The van der Waals surface area contributed by atoms with Crippen LogP contribution in [0, 0.1) is 0 Å². The summed E-state index contributed by atoms with van der Waals surface area (Å²) in [4.78, 5) is 0. The van der Waals surface area contributed by atoms with Gasteiger partial charge in [0, 0.05) is 25.2 Å². The smallest absolute Gasteiger partial charge is 0.279 e. The first-order valence-corrected chi connectivity index (χ1v) is 9.34. The summed E-state index contributed by atoms with van der Waals surface area (Å²) in [6.45, 7) is 3.51. The van der Waals surface area contributed by atoms with Gasteiger partial charge in [-0.05, 0) is 45.6 Å². The van der Waals surface area contributed by atoms with E-state index >= 15 is 0 Å². The molecule has 0 saturated heterocycles. The molecule has 0 aromatic rings. The highest BCUT2D eigenvalue weighted by Crippen LogP contribution is 2.28. The lowest BCUT2D eigenvalue weighted by Crippen LogP contribution is -2.52. The van der Waals surface area contributed by atoms with Crippen LogP contribution in [0.5, 0.6) is 0 Å². The van der Waals surface area contributed by atoms with E-state index in [0.29, 0.717) is 12.6 Å². The topological polar surface area (TPSA) is 61.4 Å². The second-order valence-electron chi connectivity index (χ2n) is 6.63. The Morgan fingerprint density at radius 3 is 2.45 bits per heavy atom. The summed E-state index contributed by atoms with van der Waals surface area (Å²) in [6, 6.07) is 0.691. The standard InChI is InChI=1S/C14H29N3O2S/c1-14(9-4-3-5-10-14)16-20(18,19)17(2)12-6-11-15-13-7-8-13/h13,15-16H,3-12H2,1-2H3. The van der Waals surface area contributed by atoms with Gasteiger partial charge >= 0.3 is 0 Å². The van der Waals surface area contributed by atoms with Crippen LogP contribution in [0.15, 0.2) is 0 Å². The molecule has 2 saturated carbocycles. The van der Waals surface area contributed by atoms with Gasteiger partial charge in [0.05, 0.1) is 0 Å². The third-order valence-corrected chi connectivity index (χ3v) is 6.16. The van der Waals surface area contributed by atoms with Crippen molar-refractivity contribution in [3.8, 4) is 0 Å². The summed E-state index contributed by atoms with van der Waals surface area (Å²) in [5.41, 5.74) is -0.252. The highest BCUT2D eigenvalue weighted by atomic mass is 32.2. The Bertz CT molecular complexity index is 401. The van der Waals surface area contributed by atoms with Crippen molar-refractivity contribution in [2.75, 3.05) is 20.1 Å². The summed E-state index contributed by atoms with van der Waals surface area (Å²) in [5.74, 6) is 0. The van der Waals surface area contributed by atoms with Crippen molar-refractivity contribution in [1.82, 2.24) is 14.3 Å².